The highest BCUT2D eigenvalue weighted by Crippen LogP contribution is 2.24. The van der Waals surface area contributed by atoms with Gasteiger partial charge in [0.05, 0.1) is 10.6 Å². The van der Waals surface area contributed by atoms with E-state index in [2.05, 4.69) is 0 Å². The number of halogens is 1. The predicted octanol–water partition coefficient (Wildman–Crippen LogP) is 1.74. The summed E-state index contributed by atoms with van der Waals surface area (Å²) in [5.74, 6) is -0.989. The zero-order valence-corrected chi connectivity index (χ0v) is 15.2. The Balaban J connectivity index is 1.79. The Bertz CT molecular complexity index is 938. The molecule has 2 aromatic carbocycles. The number of piperazine rings is 1. The Morgan fingerprint density at radius 1 is 1.08 bits per heavy atom. The van der Waals surface area contributed by atoms with Gasteiger partial charge in [0.2, 0.25) is 15.9 Å². The van der Waals surface area contributed by atoms with Gasteiger partial charge in [0, 0.05) is 31.7 Å². The lowest BCUT2D eigenvalue weighted by atomic mass is 10.1. The van der Waals surface area contributed by atoms with Crippen LogP contribution < -0.4 is 10.6 Å². The molecule has 2 aromatic rings. The number of sulfonamides is 1. The number of rotatable bonds is 4. The van der Waals surface area contributed by atoms with E-state index in [1.54, 1.807) is 31.2 Å². The number of carbonyl (C=O) groups is 1. The molecule has 1 amide bonds. The maximum Gasteiger partial charge on any atom is 0.249 e. The van der Waals surface area contributed by atoms with Crippen LogP contribution >= 0.6 is 0 Å². The molecule has 26 heavy (non-hydrogen) atoms. The van der Waals surface area contributed by atoms with E-state index in [-0.39, 0.29) is 29.4 Å². The van der Waals surface area contributed by atoms with Crippen LogP contribution in [0.15, 0.2) is 47.4 Å². The van der Waals surface area contributed by atoms with E-state index >= 15 is 0 Å². The van der Waals surface area contributed by atoms with Crippen molar-refractivity contribution in [3.05, 3.63) is 59.4 Å². The third-order valence-corrected chi connectivity index (χ3v) is 6.44. The zero-order chi connectivity index (χ0) is 18.9. The lowest BCUT2D eigenvalue weighted by molar-refractivity contribution is 0.0999. The van der Waals surface area contributed by atoms with Crippen molar-refractivity contribution in [2.75, 3.05) is 31.1 Å². The van der Waals surface area contributed by atoms with Crippen LogP contribution in [0, 0.1) is 12.7 Å². The van der Waals surface area contributed by atoms with E-state index in [0.29, 0.717) is 24.3 Å². The summed E-state index contributed by atoms with van der Waals surface area (Å²) in [6.07, 6.45) is 0. The summed E-state index contributed by atoms with van der Waals surface area (Å²) in [5, 5.41) is 0. The molecule has 1 saturated heterocycles. The molecular weight excluding hydrogens is 357 g/mol. The standard InChI is InChI=1S/C18H20FN3O3S/c1-13-6-7-14(12-15(13)18(20)23)26(24,25)22-10-8-21(9-11-22)17-5-3-2-4-16(17)19/h2-7,12H,8-11H2,1H3,(H2,20,23). The minimum atomic E-state index is -3.75. The third kappa shape index (κ3) is 3.42. The smallest absolute Gasteiger partial charge is 0.249 e. The van der Waals surface area contributed by atoms with Crippen molar-refractivity contribution < 1.29 is 17.6 Å². The highest BCUT2D eigenvalue weighted by atomic mass is 32.2. The molecule has 2 N–H and O–H groups in total. The molecule has 1 fully saturated rings. The van der Waals surface area contributed by atoms with E-state index in [4.69, 9.17) is 5.73 Å². The molecule has 1 heterocycles. The van der Waals surface area contributed by atoms with Crippen molar-refractivity contribution in [2.45, 2.75) is 11.8 Å². The average molecular weight is 377 g/mol. The Morgan fingerprint density at radius 2 is 1.73 bits per heavy atom. The fraction of sp³-hybridized carbons (Fsp3) is 0.278. The maximum atomic E-state index is 13.9. The van der Waals surface area contributed by atoms with Crippen LogP contribution in [0.4, 0.5) is 10.1 Å². The minimum Gasteiger partial charge on any atom is -0.367 e. The molecule has 0 aliphatic carbocycles. The van der Waals surface area contributed by atoms with Crippen molar-refractivity contribution in [1.82, 2.24) is 4.31 Å². The van der Waals surface area contributed by atoms with Gasteiger partial charge in [-0.1, -0.05) is 18.2 Å². The lowest BCUT2D eigenvalue weighted by Crippen LogP contribution is -2.48. The third-order valence-electron chi connectivity index (χ3n) is 4.54. The van der Waals surface area contributed by atoms with Gasteiger partial charge in [-0.2, -0.15) is 4.31 Å². The second-order valence-corrected chi connectivity index (χ2v) is 8.12. The second kappa shape index (κ2) is 7.05. The van der Waals surface area contributed by atoms with Crippen LogP contribution in [0.25, 0.3) is 0 Å². The lowest BCUT2D eigenvalue weighted by Gasteiger charge is -2.35. The molecule has 0 spiro atoms. The van der Waals surface area contributed by atoms with Gasteiger partial charge in [-0.25, -0.2) is 12.8 Å². The van der Waals surface area contributed by atoms with Crippen LogP contribution in [0.5, 0.6) is 0 Å². The highest BCUT2D eigenvalue weighted by molar-refractivity contribution is 7.89. The first-order chi connectivity index (χ1) is 12.3. The number of anilines is 1. The number of carbonyl (C=O) groups excluding carboxylic acids is 1. The van der Waals surface area contributed by atoms with Crippen molar-refractivity contribution in [3.63, 3.8) is 0 Å². The van der Waals surface area contributed by atoms with Crippen molar-refractivity contribution in [2.24, 2.45) is 5.73 Å². The minimum absolute atomic E-state index is 0.0382. The first kappa shape index (κ1) is 18.3. The normalized spacial score (nSPS) is 15.8. The molecule has 0 unspecified atom stereocenters. The molecular formula is C18H20FN3O3S. The number of amides is 1. The van der Waals surface area contributed by atoms with Crippen LogP contribution in [0.1, 0.15) is 15.9 Å². The number of nitrogens with two attached hydrogens (primary N) is 1. The van der Waals surface area contributed by atoms with Crippen molar-refractivity contribution in [3.8, 4) is 0 Å². The van der Waals surface area contributed by atoms with Gasteiger partial charge in [0.1, 0.15) is 5.82 Å². The van der Waals surface area contributed by atoms with Gasteiger partial charge in [-0.3, -0.25) is 4.79 Å². The van der Waals surface area contributed by atoms with E-state index in [0.717, 1.165) is 0 Å². The number of hydrogen-bond donors (Lipinski definition) is 1. The average Bonchev–Trinajstić information content (AvgIpc) is 2.62. The summed E-state index contributed by atoms with van der Waals surface area (Å²) >= 11 is 0. The summed E-state index contributed by atoms with van der Waals surface area (Å²) in [7, 11) is -3.75. The van der Waals surface area contributed by atoms with Gasteiger partial charge in [0.25, 0.3) is 0 Å². The molecule has 0 saturated carbocycles. The van der Waals surface area contributed by atoms with Gasteiger partial charge in [0.15, 0.2) is 0 Å². The fourth-order valence-electron chi connectivity index (χ4n) is 3.05. The number of para-hydroxylation sites is 1. The van der Waals surface area contributed by atoms with Crippen molar-refractivity contribution in [1.29, 1.82) is 0 Å². The molecule has 6 nitrogen and oxygen atoms in total. The Morgan fingerprint density at radius 3 is 2.35 bits per heavy atom. The van der Waals surface area contributed by atoms with E-state index in [9.17, 15) is 17.6 Å². The Hall–Kier alpha value is -2.45. The number of aryl methyl sites for hydroxylation is 1. The summed E-state index contributed by atoms with van der Waals surface area (Å²) < 4.78 is 41.0. The second-order valence-electron chi connectivity index (χ2n) is 6.18. The van der Waals surface area contributed by atoms with Crippen LogP contribution in [0.3, 0.4) is 0 Å². The number of primary amides is 1. The first-order valence-electron chi connectivity index (χ1n) is 8.21. The summed E-state index contributed by atoms with van der Waals surface area (Å²) in [4.78, 5) is 13.3. The first-order valence-corrected chi connectivity index (χ1v) is 9.65. The van der Waals surface area contributed by atoms with E-state index in [1.165, 1.54) is 22.5 Å². The van der Waals surface area contributed by atoms with Crippen LogP contribution in [-0.4, -0.2) is 44.8 Å². The maximum absolute atomic E-state index is 13.9. The Kier molecular flexibility index (Phi) is 4.97. The monoisotopic (exact) mass is 377 g/mol. The van der Waals surface area contributed by atoms with Gasteiger partial charge in [-0.05, 0) is 36.8 Å². The molecule has 8 heteroatoms. The quantitative estimate of drug-likeness (QED) is 0.880. The number of benzene rings is 2. The largest absolute Gasteiger partial charge is 0.367 e. The highest BCUT2D eigenvalue weighted by Gasteiger charge is 2.29. The molecule has 138 valence electrons. The van der Waals surface area contributed by atoms with Gasteiger partial charge < -0.3 is 10.6 Å². The topological polar surface area (TPSA) is 83.7 Å². The van der Waals surface area contributed by atoms with Gasteiger partial charge >= 0.3 is 0 Å². The zero-order valence-electron chi connectivity index (χ0n) is 14.4. The van der Waals surface area contributed by atoms with Crippen molar-refractivity contribution >= 4 is 21.6 Å². The molecule has 0 atom stereocenters. The number of hydrogen-bond acceptors (Lipinski definition) is 4. The molecule has 1 aliphatic rings. The molecule has 3 rings (SSSR count). The van der Waals surface area contributed by atoms with Crippen LogP contribution in [0.2, 0.25) is 0 Å². The summed E-state index contributed by atoms with van der Waals surface area (Å²) in [6, 6.07) is 10.8. The molecule has 0 aromatic heterocycles. The number of nitrogens with zero attached hydrogens (tertiary/aromatic N) is 2. The Labute approximate surface area is 152 Å². The van der Waals surface area contributed by atoms with E-state index in [1.807, 2.05) is 4.90 Å². The summed E-state index contributed by atoms with van der Waals surface area (Å²) in [5.41, 5.74) is 6.60. The molecule has 0 radical (unpaired) electrons. The summed E-state index contributed by atoms with van der Waals surface area (Å²) in [6.45, 7) is 2.93. The van der Waals surface area contributed by atoms with Gasteiger partial charge in [-0.15, -0.1) is 0 Å². The predicted molar refractivity (Wildman–Crippen MR) is 97.1 cm³/mol. The SMILES string of the molecule is Cc1ccc(S(=O)(=O)N2CCN(c3ccccc3F)CC2)cc1C(N)=O. The molecule has 1 aliphatic heterocycles. The van der Waals surface area contributed by atoms with E-state index < -0.39 is 15.9 Å². The fourth-order valence-corrected chi connectivity index (χ4v) is 4.50. The van der Waals surface area contributed by atoms with Crippen LogP contribution in [-0.2, 0) is 10.0 Å². The molecule has 0 bridgehead atoms.